The van der Waals surface area contributed by atoms with Crippen molar-refractivity contribution in [3.63, 3.8) is 0 Å². The summed E-state index contributed by atoms with van der Waals surface area (Å²) in [6, 6.07) is 12.8. The topological polar surface area (TPSA) is 119 Å². The summed E-state index contributed by atoms with van der Waals surface area (Å²) < 4.78 is 42.8. The van der Waals surface area contributed by atoms with Crippen LogP contribution < -0.4 is 9.44 Å². The van der Waals surface area contributed by atoms with E-state index in [9.17, 15) is 9.00 Å². The summed E-state index contributed by atoms with van der Waals surface area (Å²) in [7, 11) is 0. The highest BCUT2D eigenvalue weighted by atomic mass is 32.2. The van der Waals surface area contributed by atoms with Gasteiger partial charge in [-0.2, -0.15) is 0 Å². The van der Waals surface area contributed by atoms with Crippen LogP contribution in [-0.4, -0.2) is 31.1 Å². The van der Waals surface area contributed by atoms with Gasteiger partial charge in [-0.05, 0) is 38.5 Å². The van der Waals surface area contributed by atoms with Crippen LogP contribution >= 0.6 is 11.3 Å². The van der Waals surface area contributed by atoms with E-state index in [0.717, 1.165) is 5.56 Å². The molecule has 0 saturated carbocycles. The molecule has 0 aliphatic carbocycles. The zero-order chi connectivity index (χ0) is 24.3. The van der Waals surface area contributed by atoms with Crippen molar-refractivity contribution in [3.8, 4) is 11.1 Å². The number of thiazole rings is 1. The molecule has 34 heavy (non-hydrogen) atoms. The third-order valence-corrected chi connectivity index (χ3v) is 6.19. The molecule has 178 valence electrons. The number of halogens is 1. The molecule has 1 atom stereocenters. The van der Waals surface area contributed by atoms with Gasteiger partial charge in [-0.25, -0.2) is 27.8 Å². The average molecular weight is 504 g/mol. The van der Waals surface area contributed by atoms with E-state index in [-0.39, 0.29) is 30.6 Å². The van der Waals surface area contributed by atoms with Gasteiger partial charge in [-0.15, -0.1) is 21.5 Å². The normalized spacial score (nSPS) is 12.6. The third-order valence-electron chi connectivity index (χ3n) is 4.37. The van der Waals surface area contributed by atoms with Crippen molar-refractivity contribution in [2.45, 2.75) is 39.3 Å². The maximum absolute atomic E-state index is 15.1. The molecule has 0 fully saturated rings. The van der Waals surface area contributed by atoms with E-state index < -0.39 is 22.9 Å². The Morgan fingerprint density at radius 2 is 1.88 bits per heavy atom. The van der Waals surface area contributed by atoms with Gasteiger partial charge in [0.2, 0.25) is 11.8 Å². The van der Waals surface area contributed by atoms with Gasteiger partial charge < -0.3 is 9.15 Å². The summed E-state index contributed by atoms with van der Waals surface area (Å²) in [5.74, 6) is 0.140. The number of hydrogen-bond donors (Lipinski definition) is 2. The maximum Gasteiger partial charge on any atom is 0.420 e. The Labute approximate surface area is 201 Å². The largest absolute Gasteiger partial charge is 0.443 e. The number of amides is 1. The van der Waals surface area contributed by atoms with Crippen molar-refractivity contribution in [2.24, 2.45) is 0 Å². The van der Waals surface area contributed by atoms with Gasteiger partial charge in [0.25, 0.3) is 0 Å². The quantitative estimate of drug-likeness (QED) is 0.387. The molecule has 2 aromatic carbocycles. The fraction of sp³-hybridized carbons (Fsp3) is 0.273. The lowest BCUT2D eigenvalue weighted by atomic mass is 10.1. The first-order valence-electron chi connectivity index (χ1n) is 10.3. The second-order valence-electron chi connectivity index (χ2n) is 8.21. The zero-order valence-corrected chi connectivity index (χ0v) is 20.3. The monoisotopic (exact) mass is 503 g/mol. The van der Waals surface area contributed by atoms with Gasteiger partial charge in [0, 0.05) is 5.56 Å². The summed E-state index contributed by atoms with van der Waals surface area (Å²) in [4.78, 5) is 16.1. The molecular formula is C22H22FN5O4S2. The molecule has 9 nitrogen and oxygen atoms in total. The third kappa shape index (κ3) is 6.01. The van der Waals surface area contributed by atoms with Gasteiger partial charge in [-0.3, -0.25) is 0 Å². The number of hydrogen-bond acceptors (Lipinski definition) is 8. The summed E-state index contributed by atoms with van der Waals surface area (Å²) >= 11 is -0.673. The highest BCUT2D eigenvalue weighted by Gasteiger charge is 2.19. The number of carbonyl (C=O) groups excluding carboxylic acids is 1. The van der Waals surface area contributed by atoms with Crippen molar-refractivity contribution >= 4 is 38.8 Å². The van der Waals surface area contributed by atoms with E-state index in [1.165, 1.54) is 11.3 Å². The minimum atomic E-state index is -1.90. The van der Waals surface area contributed by atoms with E-state index >= 15 is 4.39 Å². The summed E-state index contributed by atoms with van der Waals surface area (Å²) in [6.45, 7) is 5.06. The first kappa shape index (κ1) is 23.9. The molecule has 0 bridgehead atoms. The van der Waals surface area contributed by atoms with Crippen molar-refractivity contribution in [1.82, 2.24) is 24.6 Å². The number of rotatable bonds is 7. The molecule has 2 heterocycles. The van der Waals surface area contributed by atoms with Crippen LogP contribution in [0.5, 0.6) is 0 Å². The zero-order valence-electron chi connectivity index (χ0n) is 18.6. The van der Waals surface area contributed by atoms with E-state index in [4.69, 9.17) is 9.15 Å². The SMILES string of the molecule is CC(C)(C)OC(=O)NS(=O)NCc1nnc(Cc2nc3ccc(-c4ccccc4)c(F)c3s2)o1. The average Bonchev–Trinajstić information content (AvgIpc) is 3.39. The summed E-state index contributed by atoms with van der Waals surface area (Å²) in [5, 5.41) is 8.48. The van der Waals surface area contributed by atoms with Gasteiger partial charge >= 0.3 is 6.09 Å². The van der Waals surface area contributed by atoms with Crippen LogP contribution in [-0.2, 0) is 28.9 Å². The molecule has 2 N–H and O–H groups in total. The van der Waals surface area contributed by atoms with Crippen LogP contribution in [0.25, 0.3) is 21.3 Å². The molecule has 0 spiro atoms. The second-order valence-corrected chi connectivity index (χ2v) is 10.3. The van der Waals surface area contributed by atoms with E-state index in [0.29, 0.717) is 20.8 Å². The van der Waals surface area contributed by atoms with E-state index in [2.05, 4.69) is 24.6 Å². The van der Waals surface area contributed by atoms with Crippen LogP contribution in [0.2, 0.25) is 0 Å². The number of aromatic nitrogens is 3. The molecular weight excluding hydrogens is 481 g/mol. The molecule has 1 unspecified atom stereocenters. The molecule has 0 aliphatic rings. The first-order valence-corrected chi connectivity index (χ1v) is 12.2. The Hall–Kier alpha value is -3.22. The predicted molar refractivity (Wildman–Crippen MR) is 126 cm³/mol. The number of benzene rings is 2. The van der Waals surface area contributed by atoms with Gasteiger partial charge in [-0.1, -0.05) is 30.3 Å². The van der Waals surface area contributed by atoms with Crippen LogP contribution in [0.1, 0.15) is 37.6 Å². The molecule has 0 aliphatic heterocycles. The van der Waals surface area contributed by atoms with Crippen molar-refractivity contribution < 1.29 is 22.5 Å². The van der Waals surface area contributed by atoms with Gasteiger partial charge in [0.15, 0.2) is 11.2 Å². The van der Waals surface area contributed by atoms with Crippen molar-refractivity contribution in [2.75, 3.05) is 0 Å². The Balaban J connectivity index is 1.38. The Morgan fingerprint density at radius 1 is 1.15 bits per heavy atom. The fourth-order valence-corrected chi connectivity index (χ4v) is 4.53. The van der Waals surface area contributed by atoms with Gasteiger partial charge in [0.05, 0.1) is 23.2 Å². The number of carbonyl (C=O) groups is 1. The van der Waals surface area contributed by atoms with Crippen molar-refractivity contribution in [3.05, 3.63) is 65.1 Å². The maximum atomic E-state index is 15.1. The van der Waals surface area contributed by atoms with Crippen LogP contribution in [0.4, 0.5) is 9.18 Å². The second kappa shape index (κ2) is 9.95. The Kier molecular flexibility index (Phi) is 7.00. The highest BCUT2D eigenvalue weighted by molar-refractivity contribution is 7.81. The van der Waals surface area contributed by atoms with Crippen molar-refractivity contribution in [1.29, 1.82) is 0 Å². The Bertz CT molecular complexity index is 1330. The first-order chi connectivity index (χ1) is 16.2. The minimum absolute atomic E-state index is 0.0374. The smallest absolute Gasteiger partial charge is 0.420 e. The molecule has 4 rings (SSSR count). The number of fused-ring (bicyclic) bond motifs is 1. The molecule has 2 aromatic heterocycles. The highest BCUT2D eigenvalue weighted by Crippen LogP contribution is 2.33. The van der Waals surface area contributed by atoms with Crippen LogP contribution in [0.15, 0.2) is 46.9 Å². The summed E-state index contributed by atoms with van der Waals surface area (Å²) in [6.07, 6.45) is -0.589. The number of ether oxygens (including phenoxy) is 1. The lowest BCUT2D eigenvalue weighted by Gasteiger charge is -2.19. The standard InChI is InChI=1S/C22H22FN5O4S2/c1-22(2,3)32-21(29)28-34(30)24-12-17-27-26-16(31-17)11-18-25-15-10-9-14(19(23)20(15)33-18)13-7-5-4-6-8-13/h4-10,24H,11-12H2,1-3H3,(H,28,29). The lowest BCUT2D eigenvalue weighted by Crippen LogP contribution is -2.38. The van der Waals surface area contributed by atoms with Gasteiger partial charge in [0.1, 0.15) is 16.4 Å². The lowest BCUT2D eigenvalue weighted by molar-refractivity contribution is 0.0572. The van der Waals surface area contributed by atoms with Crippen LogP contribution in [0.3, 0.4) is 0 Å². The predicted octanol–water partition coefficient (Wildman–Crippen LogP) is 4.27. The van der Waals surface area contributed by atoms with Crippen LogP contribution in [0, 0.1) is 5.82 Å². The van der Waals surface area contributed by atoms with E-state index in [1.54, 1.807) is 32.9 Å². The van der Waals surface area contributed by atoms with E-state index in [1.807, 2.05) is 30.3 Å². The number of nitrogens with one attached hydrogen (secondary N) is 2. The fourth-order valence-electron chi connectivity index (χ4n) is 3.02. The molecule has 12 heteroatoms. The molecule has 0 saturated heterocycles. The molecule has 1 amide bonds. The minimum Gasteiger partial charge on any atom is -0.443 e. The molecule has 0 radical (unpaired) electrons. The Morgan fingerprint density at radius 3 is 2.62 bits per heavy atom. The number of nitrogens with zero attached hydrogens (tertiary/aromatic N) is 3. The summed E-state index contributed by atoms with van der Waals surface area (Å²) in [5.41, 5.74) is 1.16. The molecule has 4 aromatic rings.